The molecule has 39 heavy (non-hydrogen) atoms. The fourth-order valence-corrected chi connectivity index (χ4v) is 4.33. The third-order valence-corrected chi connectivity index (χ3v) is 6.08. The zero-order valence-corrected chi connectivity index (χ0v) is 20.6. The smallest absolute Gasteiger partial charge is 0.267 e. The molecule has 3 N–H and O–H groups in total. The van der Waals surface area contributed by atoms with Gasteiger partial charge in [0.15, 0.2) is 23.6 Å². The Morgan fingerprint density at radius 2 is 1.92 bits per heavy atom. The number of hydrogen-bond acceptors (Lipinski definition) is 8. The van der Waals surface area contributed by atoms with Gasteiger partial charge in [0.25, 0.3) is 11.5 Å². The number of nitrogens with one attached hydrogen (secondary N) is 1. The Bertz CT molecular complexity index is 1970. The molecule has 0 saturated heterocycles. The zero-order chi connectivity index (χ0) is 26.9. The van der Waals surface area contributed by atoms with Crippen LogP contribution >= 0.6 is 0 Å². The van der Waals surface area contributed by atoms with Crippen LogP contribution in [0.5, 0.6) is 0 Å². The Labute approximate surface area is 221 Å². The molecular weight excluding hydrogens is 496 g/mol. The van der Waals surface area contributed by atoms with Gasteiger partial charge < -0.3 is 15.5 Å². The van der Waals surface area contributed by atoms with Crippen LogP contribution in [0.25, 0.3) is 22.2 Å². The number of carbonyl (C=O) groups is 1. The predicted octanol–water partition coefficient (Wildman–Crippen LogP) is 2.89. The van der Waals surface area contributed by atoms with Gasteiger partial charge in [-0.15, -0.1) is 5.10 Å². The summed E-state index contributed by atoms with van der Waals surface area (Å²) < 4.78 is 7.89. The Balaban J connectivity index is 1.48. The fraction of sp³-hybridized carbons (Fsp3) is 0.0714. The summed E-state index contributed by atoms with van der Waals surface area (Å²) in [6.07, 6.45) is 5.92. The lowest BCUT2D eigenvalue weighted by Gasteiger charge is -2.20. The summed E-state index contributed by atoms with van der Waals surface area (Å²) in [6.45, 7) is 1.74. The van der Waals surface area contributed by atoms with E-state index in [-0.39, 0.29) is 16.9 Å². The fourth-order valence-electron chi connectivity index (χ4n) is 4.33. The normalized spacial score (nSPS) is 11.7. The topological polar surface area (TPSA) is 146 Å². The molecule has 1 atom stereocenters. The summed E-state index contributed by atoms with van der Waals surface area (Å²) in [5.74, 6) is 5.79. The lowest BCUT2D eigenvalue weighted by Crippen LogP contribution is -2.33. The highest BCUT2D eigenvalue weighted by Crippen LogP contribution is 2.22. The highest BCUT2D eigenvalue weighted by Gasteiger charge is 2.24. The minimum absolute atomic E-state index is 0.0423. The molecule has 6 aromatic rings. The largest absolute Gasteiger partial charge is 0.450 e. The van der Waals surface area contributed by atoms with Gasteiger partial charge in [-0.2, -0.15) is 0 Å². The van der Waals surface area contributed by atoms with Crippen LogP contribution in [-0.4, -0.2) is 35.0 Å². The van der Waals surface area contributed by atoms with Crippen LogP contribution < -0.4 is 16.6 Å². The molecule has 11 heteroatoms. The third-order valence-electron chi connectivity index (χ3n) is 6.08. The van der Waals surface area contributed by atoms with Crippen molar-refractivity contribution < 1.29 is 9.21 Å². The molecule has 0 bridgehead atoms. The molecule has 1 amide bonds. The molecule has 4 heterocycles. The van der Waals surface area contributed by atoms with Crippen LogP contribution in [0.1, 0.15) is 40.4 Å². The van der Waals surface area contributed by atoms with E-state index in [0.29, 0.717) is 39.3 Å². The molecule has 0 spiro atoms. The first kappa shape index (κ1) is 23.6. The van der Waals surface area contributed by atoms with Crippen LogP contribution in [-0.2, 0) is 0 Å². The second kappa shape index (κ2) is 9.60. The first-order valence-corrected chi connectivity index (χ1v) is 11.9. The van der Waals surface area contributed by atoms with Crippen LogP contribution in [0.15, 0.2) is 88.9 Å². The van der Waals surface area contributed by atoms with E-state index in [9.17, 15) is 9.59 Å². The van der Waals surface area contributed by atoms with E-state index >= 15 is 0 Å². The maximum atomic E-state index is 14.0. The average Bonchev–Trinajstić information content (AvgIpc) is 3.59. The monoisotopic (exact) mass is 516 g/mol. The lowest BCUT2D eigenvalue weighted by molar-refractivity contribution is 0.0940. The zero-order valence-electron chi connectivity index (χ0n) is 20.6. The number of benzene rings is 2. The van der Waals surface area contributed by atoms with Gasteiger partial charge in [0.1, 0.15) is 17.7 Å². The van der Waals surface area contributed by atoms with E-state index in [2.05, 4.69) is 32.2 Å². The molecule has 0 fully saturated rings. The van der Waals surface area contributed by atoms with Crippen LogP contribution in [0, 0.1) is 11.8 Å². The SMILES string of the molecule is C[C@H](NC(=O)c1c(N)nn2cccnc12)c1nc2cccc(C#Cc3cocn3)c2c(=O)n1-c1ccccc1. The van der Waals surface area contributed by atoms with Gasteiger partial charge in [0, 0.05) is 18.0 Å². The standard InChI is InChI=1S/C28H20N8O3/c1-17(32-27(37)23-24(29)34-35-14-6-13-30-26(23)35)25-33-21-10-5-7-18(11-12-19-15-39-16-31-19)22(21)28(38)36(25)20-8-3-2-4-9-20/h2-10,13-17H,1H3,(H2,29,34)(H,32,37)/t17-/m0/s1. The summed E-state index contributed by atoms with van der Waals surface area (Å²) in [4.78, 5) is 40.4. The minimum atomic E-state index is -0.697. The summed E-state index contributed by atoms with van der Waals surface area (Å²) in [7, 11) is 0. The van der Waals surface area contributed by atoms with Crippen LogP contribution in [0.4, 0.5) is 5.82 Å². The Morgan fingerprint density at radius 1 is 1.08 bits per heavy atom. The van der Waals surface area contributed by atoms with E-state index in [1.165, 1.54) is 21.7 Å². The molecule has 0 unspecified atom stereocenters. The molecule has 11 nitrogen and oxygen atoms in total. The van der Waals surface area contributed by atoms with Crippen molar-refractivity contribution in [2.24, 2.45) is 0 Å². The number of amides is 1. The molecular formula is C28H20N8O3. The van der Waals surface area contributed by atoms with Crippen LogP contribution in [0.2, 0.25) is 0 Å². The molecule has 2 aromatic carbocycles. The molecule has 0 radical (unpaired) electrons. The van der Waals surface area contributed by atoms with Gasteiger partial charge >= 0.3 is 0 Å². The summed E-state index contributed by atoms with van der Waals surface area (Å²) in [6, 6.07) is 15.3. The van der Waals surface area contributed by atoms with Crippen molar-refractivity contribution in [2.75, 3.05) is 5.73 Å². The van der Waals surface area contributed by atoms with E-state index in [0.717, 1.165) is 0 Å². The molecule has 190 valence electrons. The number of nitrogen functional groups attached to an aromatic ring is 1. The van der Waals surface area contributed by atoms with Gasteiger partial charge in [-0.1, -0.05) is 30.2 Å². The summed E-state index contributed by atoms with van der Waals surface area (Å²) in [5, 5.41) is 7.41. The van der Waals surface area contributed by atoms with Crippen molar-refractivity contribution in [3.8, 4) is 17.5 Å². The highest BCUT2D eigenvalue weighted by atomic mass is 16.3. The van der Waals surface area contributed by atoms with Crippen molar-refractivity contribution in [3.05, 3.63) is 113 Å². The van der Waals surface area contributed by atoms with Crippen molar-refractivity contribution in [1.82, 2.24) is 34.4 Å². The second-order valence-corrected chi connectivity index (χ2v) is 8.61. The number of para-hydroxylation sites is 1. The van der Waals surface area contributed by atoms with Crippen molar-refractivity contribution in [2.45, 2.75) is 13.0 Å². The van der Waals surface area contributed by atoms with Gasteiger partial charge in [-0.05, 0) is 43.2 Å². The van der Waals surface area contributed by atoms with Crippen molar-refractivity contribution >= 4 is 28.3 Å². The number of nitrogens with zero attached hydrogens (tertiary/aromatic N) is 6. The number of anilines is 1. The molecule has 0 aliphatic rings. The maximum absolute atomic E-state index is 14.0. The minimum Gasteiger partial charge on any atom is -0.450 e. The second-order valence-electron chi connectivity index (χ2n) is 8.61. The third kappa shape index (κ3) is 4.25. The first-order chi connectivity index (χ1) is 19.0. The Kier molecular flexibility index (Phi) is 5.82. The number of rotatable bonds is 4. The van der Waals surface area contributed by atoms with Gasteiger partial charge in [-0.25, -0.2) is 19.5 Å². The molecule has 4 aromatic heterocycles. The molecule has 0 saturated carbocycles. The Morgan fingerprint density at radius 3 is 2.72 bits per heavy atom. The molecule has 0 aliphatic carbocycles. The van der Waals surface area contributed by atoms with Gasteiger partial charge in [-0.3, -0.25) is 14.2 Å². The Hall–Kier alpha value is -5.76. The summed E-state index contributed by atoms with van der Waals surface area (Å²) in [5.41, 5.74) is 8.13. The quantitative estimate of drug-likeness (QED) is 0.340. The van der Waals surface area contributed by atoms with Crippen molar-refractivity contribution in [3.63, 3.8) is 0 Å². The van der Waals surface area contributed by atoms with E-state index in [1.54, 1.807) is 55.7 Å². The lowest BCUT2D eigenvalue weighted by atomic mass is 10.1. The number of oxazole rings is 1. The van der Waals surface area contributed by atoms with Crippen LogP contribution in [0.3, 0.4) is 0 Å². The highest BCUT2D eigenvalue weighted by molar-refractivity contribution is 6.04. The first-order valence-electron chi connectivity index (χ1n) is 11.9. The number of aromatic nitrogens is 6. The number of carbonyl (C=O) groups excluding carboxylic acids is 1. The van der Waals surface area contributed by atoms with Crippen molar-refractivity contribution in [1.29, 1.82) is 0 Å². The van der Waals surface area contributed by atoms with E-state index in [1.807, 2.05) is 18.2 Å². The predicted molar refractivity (Wildman–Crippen MR) is 143 cm³/mol. The molecule has 6 rings (SSSR count). The van der Waals surface area contributed by atoms with E-state index in [4.69, 9.17) is 15.1 Å². The van der Waals surface area contributed by atoms with E-state index < -0.39 is 11.9 Å². The number of fused-ring (bicyclic) bond motifs is 2. The van der Waals surface area contributed by atoms with Gasteiger partial charge in [0.05, 0.1) is 22.6 Å². The summed E-state index contributed by atoms with van der Waals surface area (Å²) >= 11 is 0. The number of hydrogen-bond donors (Lipinski definition) is 2. The van der Waals surface area contributed by atoms with Gasteiger partial charge in [0.2, 0.25) is 0 Å². The average molecular weight is 517 g/mol. The number of nitrogens with two attached hydrogens (primary N) is 1. The maximum Gasteiger partial charge on any atom is 0.267 e. The molecule has 0 aliphatic heterocycles.